The minimum absolute atomic E-state index is 0.0328. The quantitative estimate of drug-likeness (QED) is 0.518. The van der Waals surface area contributed by atoms with E-state index in [2.05, 4.69) is 0 Å². The number of carbonyl (C=O) groups is 2. The molecule has 1 N–H and O–H groups in total. The number of nitrogens with zero attached hydrogens (tertiary/aromatic N) is 2. The first-order chi connectivity index (χ1) is 15.7. The molecule has 2 amide bonds. The number of rotatable bonds is 3. The molecule has 0 unspecified atom stereocenters. The average Bonchev–Trinajstić information content (AvgIpc) is 2.76. The number of hydrogen-bond acceptors (Lipinski definition) is 2. The van der Waals surface area contributed by atoms with Gasteiger partial charge in [0.15, 0.2) is 0 Å². The van der Waals surface area contributed by atoms with Gasteiger partial charge in [0.1, 0.15) is 0 Å². The minimum Gasteiger partial charge on any atom is -0.465 e. The molecular weight excluding hydrogens is 490 g/mol. The van der Waals surface area contributed by atoms with Crippen molar-refractivity contribution in [2.45, 2.75) is 30.7 Å². The van der Waals surface area contributed by atoms with E-state index in [1.165, 1.54) is 7.05 Å². The molecule has 1 saturated heterocycles. The summed E-state index contributed by atoms with van der Waals surface area (Å²) in [6.45, 7) is -0.000564. The van der Waals surface area contributed by atoms with Gasteiger partial charge in [0, 0.05) is 42.7 Å². The second-order valence-corrected chi connectivity index (χ2v) is 8.39. The highest BCUT2D eigenvalue weighted by atomic mass is 35.5. The molecule has 0 bridgehead atoms. The molecule has 2 atom stereocenters. The second-order valence-electron chi connectivity index (χ2n) is 7.96. The summed E-state index contributed by atoms with van der Waals surface area (Å²) in [5, 5.41) is 9.74. The monoisotopic (exact) mass is 508 g/mol. The lowest BCUT2D eigenvalue weighted by atomic mass is 9.85. The molecule has 184 valence electrons. The van der Waals surface area contributed by atoms with Crippen LogP contribution in [0.4, 0.5) is 31.1 Å². The Kier molecular flexibility index (Phi) is 7.07. The summed E-state index contributed by atoms with van der Waals surface area (Å²) in [7, 11) is 1.27. The Hall–Kier alpha value is -2.95. The third-order valence-electron chi connectivity index (χ3n) is 5.78. The van der Waals surface area contributed by atoms with Crippen molar-refractivity contribution in [3.05, 3.63) is 69.7 Å². The normalized spacial score (nSPS) is 19.1. The molecule has 0 aromatic heterocycles. The number of benzene rings is 2. The van der Waals surface area contributed by atoms with Gasteiger partial charge in [0.05, 0.1) is 11.1 Å². The maximum Gasteiger partial charge on any atom is 0.416 e. The van der Waals surface area contributed by atoms with Gasteiger partial charge in [0.25, 0.3) is 5.91 Å². The number of likely N-dealkylation sites (tertiary alicyclic amines) is 1. The molecular formula is C22H19ClF6N2O3. The van der Waals surface area contributed by atoms with Crippen LogP contribution in [-0.2, 0) is 12.4 Å². The Morgan fingerprint density at radius 3 is 2.12 bits per heavy atom. The van der Waals surface area contributed by atoms with Crippen LogP contribution in [0.25, 0.3) is 0 Å². The van der Waals surface area contributed by atoms with Crippen LogP contribution in [0.5, 0.6) is 0 Å². The maximum atomic E-state index is 13.2. The van der Waals surface area contributed by atoms with Crippen LogP contribution in [0.3, 0.4) is 0 Å². The Morgan fingerprint density at radius 1 is 1.03 bits per heavy atom. The van der Waals surface area contributed by atoms with Crippen molar-refractivity contribution in [2.75, 3.05) is 20.1 Å². The van der Waals surface area contributed by atoms with E-state index in [-0.39, 0.29) is 25.6 Å². The van der Waals surface area contributed by atoms with E-state index in [9.17, 15) is 41.0 Å². The van der Waals surface area contributed by atoms with Crippen LogP contribution in [0.2, 0.25) is 5.02 Å². The van der Waals surface area contributed by atoms with Crippen molar-refractivity contribution in [1.82, 2.24) is 9.80 Å². The zero-order valence-electron chi connectivity index (χ0n) is 17.6. The van der Waals surface area contributed by atoms with Gasteiger partial charge in [-0.15, -0.1) is 0 Å². The third kappa shape index (κ3) is 5.57. The van der Waals surface area contributed by atoms with Gasteiger partial charge in [0.2, 0.25) is 0 Å². The largest absolute Gasteiger partial charge is 0.465 e. The van der Waals surface area contributed by atoms with Crippen LogP contribution >= 0.6 is 11.6 Å². The molecule has 1 aliphatic rings. The average molecular weight is 509 g/mol. The van der Waals surface area contributed by atoms with Crippen LogP contribution in [0.15, 0.2) is 42.5 Å². The van der Waals surface area contributed by atoms with Crippen molar-refractivity contribution in [1.29, 1.82) is 0 Å². The van der Waals surface area contributed by atoms with Gasteiger partial charge in [-0.1, -0.05) is 23.7 Å². The van der Waals surface area contributed by atoms with Crippen LogP contribution < -0.4 is 0 Å². The fraction of sp³-hybridized carbons (Fsp3) is 0.364. The van der Waals surface area contributed by atoms with Gasteiger partial charge in [-0.25, -0.2) is 4.79 Å². The molecule has 0 saturated carbocycles. The predicted octanol–water partition coefficient (Wildman–Crippen LogP) is 5.99. The highest BCUT2D eigenvalue weighted by Gasteiger charge is 2.40. The summed E-state index contributed by atoms with van der Waals surface area (Å²) in [6, 6.07) is 6.48. The minimum atomic E-state index is -5.09. The molecule has 3 rings (SSSR count). The zero-order valence-corrected chi connectivity index (χ0v) is 18.4. The Morgan fingerprint density at radius 2 is 1.62 bits per heavy atom. The van der Waals surface area contributed by atoms with E-state index >= 15 is 0 Å². The number of amides is 2. The summed E-state index contributed by atoms with van der Waals surface area (Å²) >= 11 is 6.05. The first kappa shape index (κ1) is 25.7. The van der Waals surface area contributed by atoms with Crippen molar-refractivity contribution in [3.63, 3.8) is 0 Å². The van der Waals surface area contributed by atoms with E-state index in [1.54, 1.807) is 24.3 Å². The fourth-order valence-electron chi connectivity index (χ4n) is 4.07. The van der Waals surface area contributed by atoms with Crippen LogP contribution in [0.1, 0.15) is 39.4 Å². The van der Waals surface area contributed by atoms with Crippen LogP contribution in [-0.4, -0.2) is 53.1 Å². The third-order valence-corrected chi connectivity index (χ3v) is 6.01. The molecule has 2 aromatic carbocycles. The molecule has 0 aliphatic carbocycles. The lowest BCUT2D eigenvalue weighted by Gasteiger charge is -2.42. The summed E-state index contributed by atoms with van der Waals surface area (Å²) in [5.41, 5.74) is -3.37. The summed E-state index contributed by atoms with van der Waals surface area (Å²) < 4.78 is 79.4. The molecule has 34 heavy (non-hydrogen) atoms. The molecule has 0 radical (unpaired) electrons. The van der Waals surface area contributed by atoms with Gasteiger partial charge in [-0.3, -0.25) is 4.79 Å². The molecule has 0 spiro atoms. The van der Waals surface area contributed by atoms with Crippen molar-refractivity contribution >= 4 is 23.6 Å². The number of likely N-dealkylation sites (N-methyl/N-ethyl adjacent to an activating group) is 1. The Balaban J connectivity index is 2.01. The summed E-state index contributed by atoms with van der Waals surface area (Å²) in [5.74, 6) is -1.65. The van der Waals surface area contributed by atoms with E-state index in [1.807, 2.05) is 0 Å². The predicted molar refractivity (Wildman–Crippen MR) is 111 cm³/mol. The zero-order chi connectivity index (χ0) is 25.4. The van der Waals surface area contributed by atoms with E-state index in [0.29, 0.717) is 22.7 Å². The Bertz CT molecular complexity index is 1060. The lowest BCUT2D eigenvalue weighted by molar-refractivity contribution is -0.143. The highest BCUT2D eigenvalue weighted by molar-refractivity contribution is 6.30. The van der Waals surface area contributed by atoms with Gasteiger partial charge < -0.3 is 14.9 Å². The SMILES string of the molecule is CN(C(=O)c1cc(C(F)(F)F)cc(C(F)(F)F)c1)[C@@H]1CCN(C(=O)O)C[C@H]1c1cccc(Cl)c1. The van der Waals surface area contributed by atoms with Crippen molar-refractivity contribution in [2.24, 2.45) is 0 Å². The highest BCUT2D eigenvalue weighted by Crippen LogP contribution is 2.37. The lowest BCUT2D eigenvalue weighted by Crippen LogP contribution is -2.51. The molecule has 5 nitrogen and oxygen atoms in total. The standard InChI is InChI=1S/C22H19ClF6N2O3/c1-30(19(32)13-7-14(21(24,25)26)10-15(8-13)22(27,28)29)18-5-6-31(20(33)34)11-17(18)12-3-2-4-16(23)9-12/h2-4,7-10,17-18H,5-6,11H2,1H3,(H,33,34)/t17-,18+/m0/s1. The summed E-state index contributed by atoms with van der Waals surface area (Å²) in [6.07, 6.45) is -11.3. The van der Waals surface area contributed by atoms with Gasteiger partial charge >= 0.3 is 18.4 Å². The van der Waals surface area contributed by atoms with Crippen molar-refractivity contribution in [3.8, 4) is 0 Å². The van der Waals surface area contributed by atoms with Crippen molar-refractivity contribution < 1.29 is 41.0 Å². The Labute approximate surface area is 195 Å². The molecule has 2 aromatic rings. The van der Waals surface area contributed by atoms with E-state index in [4.69, 9.17) is 11.6 Å². The first-order valence-electron chi connectivity index (χ1n) is 9.98. The second kappa shape index (κ2) is 9.36. The number of hydrogen-bond donors (Lipinski definition) is 1. The van der Waals surface area contributed by atoms with Gasteiger partial charge in [-0.05, 0) is 42.3 Å². The molecule has 12 heteroatoms. The molecule has 1 aliphatic heterocycles. The maximum absolute atomic E-state index is 13.2. The number of piperidine rings is 1. The van der Waals surface area contributed by atoms with E-state index < -0.39 is 53.0 Å². The number of alkyl halides is 6. The molecule has 1 heterocycles. The first-order valence-corrected chi connectivity index (χ1v) is 10.4. The number of halogens is 7. The van der Waals surface area contributed by atoms with Crippen LogP contribution in [0, 0.1) is 0 Å². The smallest absolute Gasteiger partial charge is 0.416 e. The summed E-state index contributed by atoms with van der Waals surface area (Å²) in [4.78, 5) is 26.8. The van der Waals surface area contributed by atoms with Gasteiger partial charge in [-0.2, -0.15) is 26.3 Å². The molecule has 1 fully saturated rings. The topological polar surface area (TPSA) is 60.9 Å². The number of carboxylic acid groups (broad SMARTS) is 1. The van der Waals surface area contributed by atoms with E-state index in [0.717, 1.165) is 9.80 Å². The number of carbonyl (C=O) groups excluding carboxylic acids is 1. The fourth-order valence-corrected chi connectivity index (χ4v) is 4.27.